The Morgan fingerprint density at radius 2 is 1.80 bits per heavy atom. The summed E-state index contributed by atoms with van der Waals surface area (Å²) in [5, 5.41) is 19.6. The minimum Gasteiger partial charge on any atom is -0.503 e. The Morgan fingerprint density at radius 1 is 1.07 bits per heavy atom. The molecule has 1 unspecified atom stereocenters. The van der Waals surface area contributed by atoms with E-state index in [0.717, 1.165) is 11.1 Å². The number of carbonyl (C=O) groups excluding carboxylic acids is 2. The number of ether oxygens (including phenoxy) is 1. The second kappa shape index (κ2) is 12.3. The van der Waals surface area contributed by atoms with E-state index in [0.29, 0.717) is 28.0 Å². The summed E-state index contributed by atoms with van der Waals surface area (Å²) < 4.78 is 19.4. The molecule has 0 fully saturated rings. The van der Waals surface area contributed by atoms with E-state index >= 15 is 0 Å². The van der Waals surface area contributed by atoms with Crippen molar-refractivity contribution in [3.8, 4) is 5.75 Å². The predicted octanol–water partition coefficient (Wildman–Crippen LogP) is 6.55. The van der Waals surface area contributed by atoms with Gasteiger partial charge in [-0.1, -0.05) is 83.8 Å². The maximum Gasteiger partial charge on any atom is 0.296 e. The van der Waals surface area contributed by atoms with E-state index in [2.05, 4.69) is 10.2 Å². The minimum absolute atomic E-state index is 0.0444. The average Bonchev–Trinajstić information content (AvgIpc) is 3.54. The zero-order chi connectivity index (χ0) is 28.1. The highest BCUT2D eigenvalue weighted by Crippen LogP contribution is 2.43. The third kappa shape index (κ3) is 5.98. The largest absolute Gasteiger partial charge is 0.503 e. The minimum atomic E-state index is -0.918. The molecule has 7 nitrogen and oxygen atoms in total. The molecular weight excluding hydrogens is 549 g/mol. The number of benzene rings is 3. The Balaban J connectivity index is 1.45. The first-order chi connectivity index (χ1) is 19.4. The van der Waals surface area contributed by atoms with Gasteiger partial charge >= 0.3 is 0 Å². The highest BCUT2D eigenvalue weighted by molar-refractivity contribution is 8.00. The molecule has 1 amide bonds. The first-order valence-corrected chi connectivity index (χ1v) is 14.2. The molecule has 0 bridgehead atoms. The second-order valence-electron chi connectivity index (χ2n) is 8.72. The number of aromatic nitrogens is 2. The van der Waals surface area contributed by atoms with Gasteiger partial charge < -0.3 is 9.84 Å². The van der Waals surface area contributed by atoms with E-state index in [1.54, 1.807) is 42.5 Å². The molecule has 3 aromatic carbocycles. The van der Waals surface area contributed by atoms with Crippen molar-refractivity contribution in [2.45, 2.75) is 23.1 Å². The van der Waals surface area contributed by atoms with Crippen LogP contribution >= 0.6 is 23.1 Å². The van der Waals surface area contributed by atoms with Gasteiger partial charge in [-0.2, -0.15) is 0 Å². The number of amides is 1. The Hall–Kier alpha value is -4.28. The Kier molecular flexibility index (Phi) is 8.37. The molecule has 1 aliphatic rings. The van der Waals surface area contributed by atoms with Gasteiger partial charge in [-0.05, 0) is 54.0 Å². The highest BCUT2D eigenvalue weighted by atomic mass is 32.2. The number of aliphatic hydroxyl groups is 1. The van der Waals surface area contributed by atoms with E-state index in [4.69, 9.17) is 4.74 Å². The summed E-state index contributed by atoms with van der Waals surface area (Å²) in [4.78, 5) is 28.1. The van der Waals surface area contributed by atoms with E-state index in [-0.39, 0.29) is 16.5 Å². The van der Waals surface area contributed by atoms with Gasteiger partial charge in [-0.25, -0.2) is 4.39 Å². The maximum absolute atomic E-state index is 13.4. The van der Waals surface area contributed by atoms with Crippen molar-refractivity contribution < 1.29 is 23.8 Å². The van der Waals surface area contributed by atoms with Gasteiger partial charge in [0, 0.05) is 5.75 Å². The molecule has 0 saturated heterocycles. The first-order valence-electron chi connectivity index (χ1n) is 12.4. The third-order valence-electron chi connectivity index (χ3n) is 6.08. The van der Waals surface area contributed by atoms with Crippen molar-refractivity contribution in [2.75, 3.05) is 11.5 Å². The smallest absolute Gasteiger partial charge is 0.296 e. The maximum atomic E-state index is 13.4. The lowest BCUT2D eigenvalue weighted by Crippen LogP contribution is -2.30. The van der Waals surface area contributed by atoms with Crippen LogP contribution in [0, 0.1) is 5.82 Å². The van der Waals surface area contributed by atoms with Gasteiger partial charge in [0.25, 0.3) is 5.91 Å². The fourth-order valence-electron chi connectivity index (χ4n) is 4.19. The van der Waals surface area contributed by atoms with E-state index < -0.39 is 23.5 Å². The fraction of sp³-hybridized carbons (Fsp3) is 0.133. The molecule has 10 heteroatoms. The third-order valence-corrected chi connectivity index (χ3v) is 8.21. The van der Waals surface area contributed by atoms with Crippen LogP contribution in [0.4, 0.5) is 9.52 Å². The van der Waals surface area contributed by atoms with Crippen molar-refractivity contribution >= 4 is 46.0 Å². The number of carbonyl (C=O) groups is 2. The van der Waals surface area contributed by atoms with Gasteiger partial charge in [-0.15, -0.1) is 10.2 Å². The number of halogens is 1. The summed E-state index contributed by atoms with van der Waals surface area (Å²) in [7, 11) is 0. The number of thioether (sulfide) groups is 1. The summed E-state index contributed by atoms with van der Waals surface area (Å²) >= 11 is 2.56. The number of anilines is 1. The van der Waals surface area contributed by atoms with Crippen molar-refractivity contribution in [1.29, 1.82) is 0 Å². The van der Waals surface area contributed by atoms with Crippen LogP contribution in [0.25, 0.3) is 6.08 Å². The summed E-state index contributed by atoms with van der Waals surface area (Å²) in [5.41, 5.74) is 2.27. The molecule has 1 aliphatic heterocycles. The molecule has 40 heavy (non-hydrogen) atoms. The zero-order valence-corrected chi connectivity index (χ0v) is 23.0. The molecular formula is C30H24FN3O4S2. The Labute approximate surface area is 238 Å². The van der Waals surface area contributed by atoms with Crippen molar-refractivity contribution in [1.82, 2.24) is 10.2 Å². The molecule has 1 N–H and O–H groups in total. The number of hydrogen-bond acceptors (Lipinski definition) is 8. The molecule has 0 aliphatic carbocycles. The van der Waals surface area contributed by atoms with Crippen molar-refractivity contribution in [3.05, 3.63) is 119 Å². The molecule has 0 saturated carbocycles. The fourth-order valence-corrected chi connectivity index (χ4v) is 6.02. The monoisotopic (exact) mass is 573 g/mol. The lowest BCUT2D eigenvalue weighted by Gasteiger charge is -2.24. The Bertz CT molecular complexity index is 1570. The molecule has 4 aromatic rings. The van der Waals surface area contributed by atoms with Gasteiger partial charge in [-0.3, -0.25) is 14.5 Å². The lowest BCUT2D eigenvalue weighted by atomic mass is 9.95. The second-order valence-corrected chi connectivity index (χ2v) is 10.9. The van der Waals surface area contributed by atoms with Gasteiger partial charge in [0.1, 0.15) is 11.6 Å². The molecule has 0 spiro atoms. The number of aliphatic hydroxyl groups excluding tert-OH is 1. The van der Waals surface area contributed by atoms with Crippen LogP contribution in [0.2, 0.25) is 0 Å². The standard InChI is InChI=1S/C30H24FN3O4S2/c1-2-38-23-15-11-21(12-16-23)26-25(24(35)17-10-19-6-4-3-5-7-19)27(36)28(37)34(26)29-32-33-30(40-29)39-18-20-8-13-22(31)14-9-20/h3-17,26,36H,2,18H2,1H3/b17-10+. The number of ketones is 1. The zero-order valence-electron chi connectivity index (χ0n) is 21.4. The molecule has 0 radical (unpaired) electrons. The van der Waals surface area contributed by atoms with Gasteiger partial charge in [0.15, 0.2) is 15.9 Å². The quantitative estimate of drug-likeness (QED) is 0.131. The molecule has 5 rings (SSSR count). The summed E-state index contributed by atoms with van der Waals surface area (Å²) in [6.45, 7) is 2.37. The molecule has 1 aromatic heterocycles. The van der Waals surface area contributed by atoms with Crippen LogP contribution in [0.3, 0.4) is 0 Å². The van der Waals surface area contributed by atoms with Gasteiger partial charge in [0.05, 0.1) is 18.2 Å². The molecule has 202 valence electrons. The lowest BCUT2D eigenvalue weighted by molar-refractivity contribution is -0.117. The predicted molar refractivity (Wildman–Crippen MR) is 154 cm³/mol. The van der Waals surface area contributed by atoms with Crippen LogP contribution in [0.15, 0.2) is 101 Å². The number of allylic oxidation sites excluding steroid dienone is 1. The summed E-state index contributed by atoms with van der Waals surface area (Å²) in [6, 6.07) is 21.6. The summed E-state index contributed by atoms with van der Waals surface area (Å²) in [5.74, 6) is -0.994. The van der Waals surface area contributed by atoms with Crippen LogP contribution in [0.1, 0.15) is 29.7 Å². The van der Waals surface area contributed by atoms with Crippen LogP contribution in [-0.2, 0) is 15.3 Å². The molecule has 2 heterocycles. The van der Waals surface area contributed by atoms with Crippen LogP contribution < -0.4 is 9.64 Å². The van der Waals surface area contributed by atoms with Crippen molar-refractivity contribution in [3.63, 3.8) is 0 Å². The van der Waals surface area contributed by atoms with Gasteiger partial charge in [0.2, 0.25) is 5.13 Å². The summed E-state index contributed by atoms with van der Waals surface area (Å²) in [6.07, 6.45) is 2.99. The topological polar surface area (TPSA) is 92.6 Å². The SMILES string of the molecule is CCOc1ccc(C2C(C(=O)/C=C/c3ccccc3)=C(O)C(=O)N2c2nnc(SCc3ccc(F)cc3)s2)cc1. The van der Waals surface area contributed by atoms with Crippen molar-refractivity contribution in [2.24, 2.45) is 0 Å². The van der Waals surface area contributed by atoms with E-state index in [1.165, 1.54) is 46.2 Å². The normalized spacial score (nSPS) is 15.3. The number of nitrogens with zero attached hydrogens (tertiary/aromatic N) is 3. The average molecular weight is 574 g/mol. The Morgan fingerprint density at radius 3 is 2.50 bits per heavy atom. The van der Waals surface area contributed by atoms with E-state index in [9.17, 15) is 19.1 Å². The number of rotatable bonds is 10. The first kappa shape index (κ1) is 27.3. The van der Waals surface area contributed by atoms with Crippen LogP contribution in [-0.4, -0.2) is 33.6 Å². The molecule has 1 atom stereocenters. The highest BCUT2D eigenvalue weighted by Gasteiger charge is 2.45. The number of hydrogen-bond donors (Lipinski definition) is 1. The van der Waals surface area contributed by atoms with E-state index in [1.807, 2.05) is 37.3 Å². The van der Waals surface area contributed by atoms with Crippen LogP contribution in [0.5, 0.6) is 5.75 Å².